The smallest absolute Gasteiger partial charge is 0.241 e. The van der Waals surface area contributed by atoms with Crippen molar-refractivity contribution in [1.29, 1.82) is 0 Å². The fourth-order valence-corrected chi connectivity index (χ4v) is 2.32. The zero-order chi connectivity index (χ0) is 16.8. The number of methoxy groups -OCH3 is 1. The molecule has 124 valence electrons. The Kier molecular flexibility index (Phi) is 5.70. The summed E-state index contributed by atoms with van der Waals surface area (Å²) in [6.07, 6.45) is 0.672. The summed E-state index contributed by atoms with van der Waals surface area (Å²) in [4.78, 5) is 14.4. The SMILES string of the molecule is CCC(C(=O)Nc1ccc(OC)cc1)N(C)Cc1nnc(C)o1. The van der Waals surface area contributed by atoms with Gasteiger partial charge < -0.3 is 14.5 Å². The summed E-state index contributed by atoms with van der Waals surface area (Å²) < 4.78 is 10.5. The van der Waals surface area contributed by atoms with E-state index in [1.165, 1.54) is 0 Å². The summed E-state index contributed by atoms with van der Waals surface area (Å²) in [5, 5.41) is 10.7. The molecule has 0 aliphatic carbocycles. The maximum absolute atomic E-state index is 12.5. The van der Waals surface area contributed by atoms with E-state index in [4.69, 9.17) is 9.15 Å². The van der Waals surface area contributed by atoms with E-state index < -0.39 is 0 Å². The summed E-state index contributed by atoms with van der Waals surface area (Å²) in [6, 6.07) is 6.95. The van der Waals surface area contributed by atoms with E-state index in [0.29, 0.717) is 24.7 Å². The van der Waals surface area contributed by atoms with Gasteiger partial charge in [0.15, 0.2) is 0 Å². The molecular formula is C16H22N4O3. The van der Waals surface area contributed by atoms with Crippen LogP contribution in [0.25, 0.3) is 0 Å². The lowest BCUT2D eigenvalue weighted by molar-refractivity contribution is -0.121. The number of anilines is 1. The van der Waals surface area contributed by atoms with Gasteiger partial charge >= 0.3 is 0 Å². The number of nitrogens with zero attached hydrogens (tertiary/aromatic N) is 3. The molecule has 0 aliphatic rings. The summed E-state index contributed by atoms with van der Waals surface area (Å²) in [5.41, 5.74) is 0.733. The number of ether oxygens (including phenoxy) is 1. The fourth-order valence-electron chi connectivity index (χ4n) is 2.32. The molecule has 1 aromatic heterocycles. The summed E-state index contributed by atoms with van der Waals surface area (Å²) in [7, 11) is 3.47. The van der Waals surface area contributed by atoms with Crippen molar-refractivity contribution in [3.05, 3.63) is 36.0 Å². The number of benzene rings is 1. The third-order valence-corrected chi connectivity index (χ3v) is 3.53. The highest BCUT2D eigenvalue weighted by Gasteiger charge is 2.23. The number of likely N-dealkylation sites (N-methyl/N-ethyl adjacent to an activating group) is 1. The first-order valence-electron chi connectivity index (χ1n) is 7.47. The molecule has 2 rings (SSSR count). The van der Waals surface area contributed by atoms with Gasteiger partial charge in [0.2, 0.25) is 17.7 Å². The van der Waals surface area contributed by atoms with Gasteiger partial charge in [-0.05, 0) is 37.7 Å². The van der Waals surface area contributed by atoms with Gasteiger partial charge in [0.1, 0.15) is 5.75 Å². The highest BCUT2D eigenvalue weighted by Crippen LogP contribution is 2.16. The molecule has 1 amide bonds. The topological polar surface area (TPSA) is 80.5 Å². The second kappa shape index (κ2) is 7.73. The van der Waals surface area contributed by atoms with Gasteiger partial charge in [0.05, 0.1) is 19.7 Å². The molecule has 7 heteroatoms. The molecule has 0 fully saturated rings. The van der Waals surface area contributed by atoms with Gasteiger partial charge in [-0.25, -0.2) is 0 Å². The maximum Gasteiger partial charge on any atom is 0.241 e. The van der Waals surface area contributed by atoms with Crippen LogP contribution in [0.5, 0.6) is 5.75 Å². The molecule has 0 bridgehead atoms. The van der Waals surface area contributed by atoms with Crippen LogP contribution in [0, 0.1) is 6.92 Å². The van der Waals surface area contributed by atoms with Gasteiger partial charge in [-0.15, -0.1) is 10.2 Å². The van der Waals surface area contributed by atoms with Crippen LogP contribution in [0.3, 0.4) is 0 Å². The molecule has 1 atom stereocenters. The van der Waals surface area contributed by atoms with Crippen molar-refractivity contribution >= 4 is 11.6 Å². The first-order valence-corrected chi connectivity index (χ1v) is 7.47. The van der Waals surface area contributed by atoms with Crippen LogP contribution in [-0.4, -0.2) is 41.2 Å². The van der Waals surface area contributed by atoms with Gasteiger partial charge in [0.25, 0.3) is 0 Å². The predicted molar refractivity (Wildman–Crippen MR) is 86.2 cm³/mol. The minimum atomic E-state index is -0.288. The number of nitrogens with one attached hydrogen (secondary N) is 1. The van der Waals surface area contributed by atoms with E-state index in [-0.39, 0.29) is 11.9 Å². The fraction of sp³-hybridized carbons (Fsp3) is 0.438. The quantitative estimate of drug-likeness (QED) is 0.843. The number of aromatic nitrogens is 2. The predicted octanol–water partition coefficient (Wildman–Crippen LogP) is 2.24. The van der Waals surface area contributed by atoms with Crippen LogP contribution >= 0.6 is 0 Å². The van der Waals surface area contributed by atoms with Crippen molar-refractivity contribution < 1.29 is 13.9 Å². The number of amides is 1. The van der Waals surface area contributed by atoms with Gasteiger partial charge in [0, 0.05) is 12.6 Å². The van der Waals surface area contributed by atoms with E-state index in [1.54, 1.807) is 14.0 Å². The van der Waals surface area contributed by atoms with Gasteiger partial charge in [-0.3, -0.25) is 9.69 Å². The third kappa shape index (κ3) is 4.53. The summed E-state index contributed by atoms with van der Waals surface area (Å²) >= 11 is 0. The third-order valence-electron chi connectivity index (χ3n) is 3.53. The zero-order valence-electron chi connectivity index (χ0n) is 13.9. The normalized spacial score (nSPS) is 12.2. The lowest BCUT2D eigenvalue weighted by Crippen LogP contribution is -2.41. The molecule has 0 saturated heterocycles. The molecule has 0 saturated carbocycles. The Morgan fingerprint density at radius 2 is 2.04 bits per heavy atom. The molecule has 0 spiro atoms. The first kappa shape index (κ1) is 17.0. The van der Waals surface area contributed by atoms with E-state index in [2.05, 4.69) is 15.5 Å². The molecule has 1 heterocycles. The lowest BCUT2D eigenvalue weighted by Gasteiger charge is -2.24. The van der Waals surface area contributed by atoms with E-state index in [9.17, 15) is 4.79 Å². The summed E-state index contributed by atoms with van der Waals surface area (Å²) in [6.45, 7) is 4.13. The zero-order valence-corrected chi connectivity index (χ0v) is 13.9. The van der Waals surface area contributed by atoms with E-state index in [0.717, 1.165) is 11.4 Å². The van der Waals surface area contributed by atoms with Gasteiger partial charge in [-0.1, -0.05) is 6.92 Å². The minimum Gasteiger partial charge on any atom is -0.497 e. The standard InChI is InChI=1S/C16H22N4O3/c1-5-14(20(3)10-15-19-18-11(2)23-15)16(21)17-12-6-8-13(22-4)9-7-12/h6-9,14H,5,10H2,1-4H3,(H,17,21). The molecule has 0 aliphatic heterocycles. The second-order valence-corrected chi connectivity index (χ2v) is 5.27. The average molecular weight is 318 g/mol. The van der Waals surface area contributed by atoms with Crippen LogP contribution < -0.4 is 10.1 Å². The Hall–Kier alpha value is -2.41. The number of rotatable bonds is 7. The Labute approximate surface area is 135 Å². The molecule has 0 radical (unpaired) electrons. The number of carbonyl (C=O) groups excluding carboxylic acids is 1. The Bertz CT molecular complexity index is 639. The number of aryl methyl sites for hydroxylation is 1. The number of hydrogen-bond donors (Lipinski definition) is 1. The molecule has 2 aromatic rings. The minimum absolute atomic E-state index is 0.0728. The summed E-state index contributed by atoms with van der Waals surface area (Å²) in [5.74, 6) is 1.69. The van der Waals surface area contributed by atoms with Crippen LogP contribution in [0.2, 0.25) is 0 Å². The molecular weight excluding hydrogens is 296 g/mol. The second-order valence-electron chi connectivity index (χ2n) is 5.27. The molecule has 1 aromatic carbocycles. The Morgan fingerprint density at radius 3 is 2.57 bits per heavy atom. The van der Waals surface area contributed by atoms with Crippen molar-refractivity contribution in [2.75, 3.05) is 19.5 Å². The van der Waals surface area contributed by atoms with Crippen molar-refractivity contribution in [2.45, 2.75) is 32.9 Å². The molecule has 7 nitrogen and oxygen atoms in total. The number of carbonyl (C=O) groups is 1. The first-order chi connectivity index (χ1) is 11.0. The van der Waals surface area contributed by atoms with Crippen LogP contribution in [0.1, 0.15) is 25.1 Å². The molecule has 1 unspecified atom stereocenters. The van der Waals surface area contributed by atoms with Crippen LogP contribution in [-0.2, 0) is 11.3 Å². The molecule has 1 N–H and O–H groups in total. The monoisotopic (exact) mass is 318 g/mol. The van der Waals surface area contributed by atoms with Crippen molar-refractivity contribution in [2.24, 2.45) is 0 Å². The lowest BCUT2D eigenvalue weighted by atomic mass is 10.1. The highest BCUT2D eigenvalue weighted by molar-refractivity contribution is 5.94. The van der Waals surface area contributed by atoms with Crippen molar-refractivity contribution in [3.8, 4) is 5.75 Å². The van der Waals surface area contributed by atoms with Crippen molar-refractivity contribution in [3.63, 3.8) is 0 Å². The highest BCUT2D eigenvalue weighted by atomic mass is 16.5. The molecule has 23 heavy (non-hydrogen) atoms. The maximum atomic E-state index is 12.5. The Morgan fingerprint density at radius 1 is 1.35 bits per heavy atom. The van der Waals surface area contributed by atoms with E-state index >= 15 is 0 Å². The van der Waals surface area contributed by atoms with Crippen LogP contribution in [0.4, 0.5) is 5.69 Å². The largest absolute Gasteiger partial charge is 0.497 e. The number of hydrogen-bond acceptors (Lipinski definition) is 6. The van der Waals surface area contributed by atoms with Gasteiger partial charge in [-0.2, -0.15) is 0 Å². The van der Waals surface area contributed by atoms with E-state index in [1.807, 2.05) is 43.1 Å². The average Bonchev–Trinajstić information content (AvgIpc) is 2.93. The van der Waals surface area contributed by atoms with Crippen molar-refractivity contribution in [1.82, 2.24) is 15.1 Å². The Balaban J connectivity index is 1.98. The van der Waals surface area contributed by atoms with Crippen LogP contribution in [0.15, 0.2) is 28.7 Å².